The Morgan fingerprint density at radius 1 is 1.53 bits per heavy atom. The molecule has 2 atom stereocenters. The smallest absolute Gasteiger partial charge is 0.251 e. The van der Waals surface area contributed by atoms with E-state index in [1.165, 1.54) is 18.4 Å². The molecule has 1 amide bonds. The van der Waals surface area contributed by atoms with E-state index in [-0.39, 0.29) is 5.91 Å². The number of nitrogens with one attached hydrogen (secondary N) is 1. The van der Waals surface area contributed by atoms with Gasteiger partial charge in [-0.25, -0.2) is 0 Å². The number of benzene rings is 1. The third-order valence-electron chi connectivity index (χ3n) is 3.25. The van der Waals surface area contributed by atoms with Crippen molar-refractivity contribution in [3.63, 3.8) is 0 Å². The van der Waals surface area contributed by atoms with Gasteiger partial charge in [-0.3, -0.25) is 4.79 Å². The van der Waals surface area contributed by atoms with E-state index in [1.807, 2.05) is 18.2 Å². The topological polar surface area (TPSA) is 29.1 Å². The predicted molar refractivity (Wildman–Crippen MR) is 61.0 cm³/mol. The van der Waals surface area contributed by atoms with Crippen molar-refractivity contribution in [2.24, 2.45) is 5.92 Å². The molecule has 1 aromatic carbocycles. The van der Waals surface area contributed by atoms with E-state index in [4.69, 9.17) is 0 Å². The zero-order valence-electron chi connectivity index (χ0n) is 9.29. The van der Waals surface area contributed by atoms with Crippen molar-refractivity contribution in [2.75, 3.05) is 7.05 Å². The molecule has 15 heavy (non-hydrogen) atoms. The molecule has 1 saturated carbocycles. The summed E-state index contributed by atoms with van der Waals surface area (Å²) in [5.41, 5.74) is 2.10. The van der Waals surface area contributed by atoms with E-state index < -0.39 is 0 Å². The number of amides is 1. The van der Waals surface area contributed by atoms with E-state index in [2.05, 4.69) is 18.3 Å². The molecule has 2 rings (SSSR count). The van der Waals surface area contributed by atoms with Crippen LogP contribution in [-0.2, 0) is 0 Å². The normalized spacial score (nSPS) is 23.6. The molecule has 0 saturated heterocycles. The first-order valence-electron chi connectivity index (χ1n) is 5.58. The van der Waals surface area contributed by atoms with Gasteiger partial charge in [-0.05, 0) is 36.0 Å². The molecule has 1 aromatic rings. The van der Waals surface area contributed by atoms with Gasteiger partial charge >= 0.3 is 0 Å². The average molecular weight is 203 g/mol. The Morgan fingerprint density at radius 3 is 2.93 bits per heavy atom. The molecule has 2 heteroatoms. The van der Waals surface area contributed by atoms with Crippen LogP contribution < -0.4 is 5.32 Å². The highest BCUT2D eigenvalue weighted by molar-refractivity contribution is 5.94. The van der Waals surface area contributed by atoms with Crippen LogP contribution in [0.2, 0.25) is 0 Å². The van der Waals surface area contributed by atoms with Gasteiger partial charge in [0.25, 0.3) is 5.91 Å². The lowest BCUT2D eigenvalue weighted by Crippen LogP contribution is -2.17. The minimum Gasteiger partial charge on any atom is -0.355 e. The van der Waals surface area contributed by atoms with Gasteiger partial charge in [0.2, 0.25) is 0 Å². The Hall–Kier alpha value is -1.31. The van der Waals surface area contributed by atoms with Gasteiger partial charge in [0.1, 0.15) is 0 Å². The van der Waals surface area contributed by atoms with Crippen molar-refractivity contribution in [1.82, 2.24) is 5.32 Å². The quantitative estimate of drug-likeness (QED) is 0.803. The van der Waals surface area contributed by atoms with Crippen LogP contribution in [0, 0.1) is 5.92 Å². The van der Waals surface area contributed by atoms with Crippen LogP contribution >= 0.6 is 0 Å². The van der Waals surface area contributed by atoms with E-state index in [9.17, 15) is 4.79 Å². The van der Waals surface area contributed by atoms with E-state index >= 15 is 0 Å². The van der Waals surface area contributed by atoms with E-state index in [1.54, 1.807) is 7.05 Å². The Bertz CT molecular complexity index is 373. The van der Waals surface area contributed by atoms with E-state index in [0.717, 1.165) is 11.5 Å². The maximum Gasteiger partial charge on any atom is 0.251 e. The molecular weight excluding hydrogens is 186 g/mol. The number of hydrogen-bond donors (Lipinski definition) is 1. The van der Waals surface area contributed by atoms with E-state index in [0.29, 0.717) is 5.92 Å². The second-order valence-electron chi connectivity index (χ2n) is 4.22. The van der Waals surface area contributed by atoms with Gasteiger partial charge in [-0.15, -0.1) is 0 Å². The lowest BCUT2D eigenvalue weighted by molar-refractivity contribution is 0.0963. The fourth-order valence-electron chi connectivity index (χ4n) is 2.16. The Kier molecular flexibility index (Phi) is 2.76. The van der Waals surface area contributed by atoms with Crippen LogP contribution in [0.15, 0.2) is 24.3 Å². The second-order valence-corrected chi connectivity index (χ2v) is 4.22. The largest absolute Gasteiger partial charge is 0.355 e. The Morgan fingerprint density at radius 2 is 2.33 bits per heavy atom. The van der Waals surface area contributed by atoms with Gasteiger partial charge in [0.05, 0.1) is 0 Å². The van der Waals surface area contributed by atoms with Crippen molar-refractivity contribution in [2.45, 2.75) is 25.7 Å². The highest BCUT2D eigenvalue weighted by atomic mass is 16.1. The molecule has 0 aromatic heterocycles. The summed E-state index contributed by atoms with van der Waals surface area (Å²) in [5.74, 6) is 1.54. The standard InChI is InChI=1S/C13H17NO/c1-3-9-8-12(9)10-5-4-6-11(7-10)13(15)14-2/h4-7,9,12H,3,8H2,1-2H3,(H,14,15)/t9-,12-/m0/s1. The summed E-state index contributed by atoms with van der Waals surface area (Å²) in [5, 5.41) is 2.65. The lowest BCUT2D eigenvalue weighted by atomic mass is 10.0. The predicted octanol–water partition coefficient (Wildman–Crippen LogP) is 2.56. The summed E-state index contributed by atoms with van der Waals surface area (Å²) in [7, 11) is 1.67. The third-order valence-corrected chi connectivity index (χ3v) is 3.25. The number of hydrogen-bond acceptors (Lipinski definition) is 1. The summed E-state index contributed by atoms with van der Waals surface area (Å²) < 4.78 is 0. The van der Waals surface area contributed by atoms with Crippen molar-refractivity contribution in [3.05, 3.63) is 35.4 Å². The number of rotatable bonds is 3. The highest BCUT2D eigenvalue weighted by Crippen LogP contribution is 2.49. The minimum absolute atomic E-state index is 0.00514. The number of carbonyl (C=O) groups is 1. The second kappa shape index (κ2) is 4.05. The van der Waals surface area contributed by atoms with Crippen molar-refractivity contribution in [1.29, 1.82) is 0 Å². The molecule has 2 nitrogen and oxygen atoms in total. The molecule has 1 aliphatic rings. The molecule has 0 radical (unpaired) electrons. The van der Waals surface area contributed by atoms with Gasteiger partial charge in [0.15, 0.2) is 0 Å². The first kappa shape index (κ1) is 10.2. The molecule has 0 spiro atoms. The summed E-state index contributed by atoms with van der Waals surface area (Å²) >= 11 is 0. The fraction of sp³-hybridized carbons (Fsp3) is 0.462. The van der Waals surface area contributed by atoms with Crippen molar-refractivity contribution >= 4 is 5.91 Å². The SMILES string of the molecule is CC[C@H]1C[C@@H]1c1cccc(C(=O)NC)c1. The van der Waals surface area contributed by atoms with Gasteiger partial charge in [0, 0.05) is 12.6 Å². The fourth-order valence-corrected chi connectivity index (χ4v) is 2.16. The van der Waals surface area contributed by atoms with Crippen LogP contribution in [0.3, 0.4) is 0 Å². The highest BCUT2D eigenvalue weighted by Gasteiger charge is 2.36. The summed E-state index contributed by atoms with van der Waals surface area (Å²) in [6, 6.07) is 8.00. The maximum absolute atomic E-state index is 11.4. The van der Waals surface area contributed by atoms with Crippen LogP contribution in [0.5, 0.6) is 0 Å². The molecule has 1 fully saturated rings. The van der Waals surface area contributed by atoms with Gasteiger partial charge < -0.3 is 5.32 Å². The van der Waals surface area contributed by atoms with Crippen molar-refractivity contribution in [3.8, 4) is 0 Å². The monoisotopic (exact) mass is 203 g/mol. The molecule has 0 unspecified atom stereocenters. The minimum atomic E-state index is 0.00514. The molecular formula is C13H17NO. The van der Waals surface area contributed by atoms with Crippen LogP contribution in [0.4, 0.5) is 0 Å². The van der Waals surface area contributed by atoms with Gasteiger partial charge in [-0.1, -0.05) is 25.5 Å². The summed E-state index contributed by atoms with van der Waals surface area (Å²) in [6.07, 6.45) is 2.53. The molecule has 1 N–H and O–H groups in total. The Labute approximate surface area is 90.7 Å². The molecule has 0 bridgehead atoms. The summed E-state index contributed by atoms with van der Waals surface area (Å²) in [4.78, 5) is 11.4. The Balaban J connectivity index is 2.17. The number of carbonyl (C=O) groups excluding carboxylic acids is 1. The third kappa shape index (κ3) is 2.04. The summed E-state index contributed by atoms with van der Waals surface area (Å²) in [6.45, 7) is 2.23. The van der Waals surface area contributed by atoms with Crippen LogP contribution in [-0.4, -0.2) is 13.0 Å². The van der Waals surface area contributed by atoms with Crippen molar-refractivity contribution < 1.29 is 4.79 Å². The molecule has 0 heterocycles. The van der Waals surface area contributed by atoms with Crippen LogP contribution in [0.1, 0.15) is 41.6 Å². The first-order valence-corrected chi connectivity index (χ1v) is 5.58. The zero-order chi connectivity index (χ0) is 10.8. The average Bonchev–Trinajstić information content (AvgIpc) is 3.07. The molecule has 80 valence electrons. The molecule has 1 aliphatic carbocycles. The first-order chi connectivity index (χ1) is 7.26. The van der Waals surface area contributed by atoms with Gasteiger partial charge in [-0.2, -0.15) is 0 Å². The zero-order valence-corrected chi connectivity index (χ0v) is 9.29. The maximum atomic E-state index is 11.4. The molecule has 0 aliphatic heterocycles. The lowest BCUT2D eigenvalue weighted by Gasteiger charge is -2.03. The van der Waals surface area contributed by atoms with Crippen LogP contribution in [0.25, 0.3) is 0 Å².